The molecule has 106 valence electrons. The smallest absolute Gasteiger partial charge is 0.236 e. The molecule has 3 heteroatoms. The van der Waals surface area contributed by atoms with Crippen LogP contribution in [0.1, 0.15) is 38.5 Å². The molecule has 3 nitrogen and oxygen atoms in total. The number of nitrogens with zero attached hydrogens (tertiary/aromatic N) is 1. The van der Waals surface area contributed by atoms with Gasteiger partial charge in [0, 0.05) is 13.1 Å². The van der Waals surface area contributed by atoms with E-state index in [2.05, 4.69) is 10.2 Å². The molecule has 4 bridgehead atoms. The van der Waals surface area contributed by atoms with E-state index in [0.717, 1.165) is 55.6 Å². The largest absolute Gasteiger partial charge is 0.341 e. The van der Waals surface area contributed by atoms with Crippen LogP contribution in [-0.4, -0.2) is 37.0 Å². The van der Waals surface area contributed by atoms with Crippen LogP contribution >= 0.6 is 0 Å². The molecular formula is C16H26N2O. The standard InChI is InChI=1S/C16H26N2O/c19-16-9-17-2-1-3-18(16)10-15-13-5-11-4-12(7-13)8-14(15)6-11/h11-15,17H,1-10H2. The summed E-state index contributed by atoms with van der Waals surface area (Å²) in [6, 6.07) is 0. The first kappa shape index (κ1) is 12.2. The van der Waals surface area contributed by atoms with E-state index in [-0.39, 0.29) is 0 Å². The van der Waals surface area contributed by atoms with E-state index in [1.54, 1.807) is 0 Å². The number of nitrogens with one attached hydrogen (secondary N) is 1. The Bertz CT molecular complexity index is 340. The second-order valence-electron chi connectivity index (χ2n) is 7.46. The molecule has 0 aromatic rings. The predicted molar refractivity (Wildman–Crippen MR) is 74.6 cm³/mol. The first-order chi connectivity index (χ1) is 9.29. The van der Waals surface area contributed by atoms with E-state index in [4.69, 9.17) is 0 Å². The van der Waals surface area contributed by atoms with Crippen LogP contribution < -0.4 is 5.32 Å². The van der Waals surface area contributed by atoms with Crippen molar-refractivity contribution < 1.29 is 4.79 Å². The van der Waals surface area contributed by atoms with E-state index in [1.807, 2.05) is 0 Å². The highest BCUT2D eigenvalue weighted by Gasteiger charge is 2.48. The average Bonchev–Trinajstić information content (AvgIpc) is 2.58. The Morgan fingerprint density at radius 2 is 1.74 bits per heavy atom. The lowest BCUT2D eigenvalue weighted by Gasteiger charge is -2.55. The molecule has 1 N–H and O–H groups in total. The number of rotatable bonds is 2. The van der Waals surface area contributed by atoms with Crippen LogP contribution in [0.2, 0.25) is 0 Å². The van der Waals surface area contributed by atoms with Crippen LogP contribution in [0.4, 0.5) is 0 Å². The Balaban J connectivity index is 1.46. The van der Waals surface area contributed by atoms with Gasteiger partial charge in [0.25, 0.3) is 0 Å². The molecule has 5 fully saturated rings. The average molecular weight is 262 g/mol. The number of amides is 1. The topological polar surface area (TPSA) is 32.3 Å². The zero-order chi connectivity index (χ0) is 12.8. The van der Waals surface area contributed by atoms with Crippen molar-refractivity contribution in [1.29, 1.82) is 0 Å². The second-order valence-corrected chi connectivity index (χ2v) is 7.46. The van der Waals surface area contributed by atoms with Crippen molar-refractivity contribution in [3.63, 3.8) is 0 Å². The quantitative estimate of drug-likeness (QED) is 0.824. The van der Waals surface area contributed by atoms with E-state index in [9.17, 15) is 4.79 Å². The Kier molecular flexibility index (Phi) is 3.06. The van der Waals surface area contributed by atoms with Gasteiger partial charge >= 0.3 is 0 Å². The molecular weight excluding hydrogens is 236 g/mol. The summed E-state index contributed by atoms with van der Waals surface area (Å²) in [6.45, 7) is 3.61. The first-order valence-corrected chi connectivity index (χ1v) is 8.28. The van der Waals surface area contributed by atoms with Crippen molar-refractivity contribution in [1.82, 2.24) is 10.2 Å². The van der Waals surface area contributed by atoms with Gasteiger partial charge in [0.1, 0.15) is 0 Å². The molecule has 4 aliphatic carbocycles. The maximum Gasteiger partial charge on any atom is 0.236 e. The molecule has 4 saturated carbocycles. The summed E-state index contributed by atoms with van der Waals surface area (Å²) in [4.78, 5) is 14.3. The van der Waals surface area contributed by atoms with Gasteiger partial charge in [-0.15, -0.1) is 0 Å². The van der Waals surface area contributed by atoms with E-state index in [0.29, 0.717) is 12.5 Å². The molecule has 1 aliphatic heterocycles. The van der Waals surface area contributed by atoms with Gasteiger partial charge in [0.15, 0.2) is 0 Å². The van der Waals surface area contributed by atoms with Gasteiger partial charge in [-0.3, -0.25) is 4.79 Å². The SMILES string of the molecule is O=C1CNCCCN1CC1C2CC3CC(C2)CC1C3. The minimum Gasteiger partial charge on any atom is -0.341 e. The maximum absolute atomic E-state index is 12.1. The van der Waals surface area contributed by atoms with Gasteiger partial charge in [0.05, 0.1) is 6.54 Å². The summed E-state index contributed by atoms with van der Waals surface area (Å²) < 4.78 is 0. The third kappa shape index (κ3) is 2.20. The van der Waals surface area contributed by atoms with Crippen molar-refractivity contribution >= 4 is 5.91 Å². The van der Waals surface area contributed by atoms with Crippen LogP contribution in [0.3, 0.4) is 0 Å². The van der Waals surface area contributed by atoms with Crippen molar-refractivity contribution in [2.24, 2.45) is 29.6 Å². The molecule has 0 spiro atoms. The van der Waals surface area contributed by atoms with Gasteiger partial charge in [-0.25, -0.2) is 0 Å². The Morgan fingerprint density at radius 1 is 1.05 bits per heavy atom. The van der Waals surface area contributed by atoms with Gasteiger partial charge in [-0.2, -0.15) is 0 Å². The normalized spacial score (nSPS) is 45.6. The van der Waals surface area contributed by atoms with Crippen LogP contribution in [-0.2, 0) is 4.79 Å². The summed E-state index contributed by atoms with van der Waals surface area (Å²) in [5.41, 5.74) is 0. The lowest BCUT2D eigenvalue weighted by Crippen LogP contribution is -2.50. The van der Waals surface area contributed by atoms with Gasteiger partial charge in [-0.05, 0) is 74.7 Å². The van der Waals surface area contributed by atoms with Crippen molar-refractivity contribution in [2.75, 3.05) is 26.2 Å². The van der Waals surface area contributed by atoms with Gasteiger partial charge in [-0.1, -0.05) is 0 Å². The molecule has 5 aliphatic rings. The molecule has 0 aromatic carbocycles. The summed E-state index contributed by atoms with van der Waals surface area (Å²) >= 11 is 0. The van der Waals surface area contributed by atoms with Crippen LogP contribution in [0.25, 0.3) is 0 Å². The number of hydrogen-bond donors (Lipinski definition) is 1. The maximum atomic E-state index is 12.1. The lowest BCUT2D eigenvalue weighted by atomic mass is 9.52. The van der Waals surface area contributed by atoms with Crippen molar-refractivity contribution in [3.05, 3.63) is 0 Å². The molecule has 0 unspecified atom stereocenters. The first-order valence-electron chi connectivity index (χ1n) is 8.28. The van der Waals surface area contributed by atoms with E-state index < -0.39 is 0 Å². The van der Waals surface area contributed by atoms with Crippen LogP contribution in [0, 0.1) is 29.6 Å². The highest BCUT2D eigenvalue weighted by Crippen LogP contribution is 2.56. The minimum atomic E-state index is 0.339. The molecule has 19 heavy (non-hydrogen) atoms. The zero-order valence-electron chi connectivity index (χ0n) is 11.8. The van der Waals surface area contributed by atoms with Crippen molar-refractivity contribution in [3.8, 4) is 0 Å². The van der Waals surface area contributed by atoms with Crippen LogP contribution in [0.5, 0.6) is 0 Å². The zero-order valence-corrected chi connectivity index (χ0v) is 11.8. The summed E-state index contributed by atoms with van der Waals surface area (Å²) in [7, 11) is 0. The summed E-state index contributed by atoms with van der Waals surface area (Å²) in [5, 5.41) is 3.24. The third-order valence-corrected chi connectivity index (χ3v) is 6.26. The fourth-order valence-corrected chi connectivity index (χ4v) is 5.61. The molecule has 0 radical (unpaired) electrons. The third-order valence-electron chi connectivity index (χ3n) is 6.26. The van der Waals surface area contributed by atoms with Crippen molar-refractivity contribution in [2.45, 2.75) is 38.5 Å². The molecule has 0 aromatic heterocycles. The van der Waals surface area contributed by atoms with Gasteiger partial charge in [0.2, 0.25) is 5.91 Å². The molecule has 5 rings (SSSR count). The molecule has 1 saturated heterocycles. The molecule has 1 amide bonds. The number of carbonyl (C=O) groups excluding carboxylic acids is 1. The van der Waals surface area contributed by atoms with E-state index in [1.165, 1.54) is 32.1 Å². The highest BCUT2D eigenvalue weighted by atomic mass is 16.2. The lowest BCUT2D eigenvalue weighted by molar-refractivity contribution is -0.132. The number of carbonyl (C=O) groups is 1. The Hall–Kier alpha value is -0.570. The minimum absolute atomic E-state index is 0.339. The molecule has 1 heterocycles. The van der Waals surface area contributed by atoms with Gasteiger partial charge < -0.3 is 10.2 Å². The van der Waals surface area contributed by atoms with Crippen LogP contribution in [0.15, 0.2) is 0 Å². The summed E-state index contributed by atoms with van der Waals surface area (Å²) in [5.74, 6) is 5.14. The Morgan fingerprint density at radius 3 is 2.42 bits per heavy atom. The summed E-state index contributed by atoms with van der Waals surface area (Å²) in [6.07, 6.45) is 8.52. The molecule has 0 atom stereocenters. The second kappa shape index (κ2) is 4.76. The highest BCUT2D eigenvalue weighted by molar-refractivity contribution is 5.78. The fourth-order valence-electron chi connectivity index (χ4n) is 5.61. The van der Waals surface area contributed by atoms with E-state index >= 15 is 0 Å². The predicted octanol–water partition coefficient (Wildman–Crippen LogP) is 1.88. The Labute approximate surface area is 116 Å². The monoisotopic (exact) mass is 262 g/mol. The number of hydrogen-bond acceptors (Lipinski definition) is 2. The fraction of sp³-hybridized carbons (Fsp3) is 0.938.